The van der Waals surface area contributed by atoms with Gasteiger partial charge in [0.05, 0.1) is 6.54 Å². The highest BCUT2D eigenvalue weighted by molar-refractivity contribution is 6.31. The summed E-state index contributed by atoms with van der Waals surface area (Å²) in [4.78, 5) is 10.8. The molecule has 0 aliphatic carbocycles. The lowest BCUT2D eigenvalue weighted by Gasteiger charge is -2.05. The third-order valence-corrected chi connectivity index (χ3v) is 2.27. The maximum atomic E-state index is 12.7. The Morgan fingerprint density at radius 2 is 2.27 bits per heavy atom. The molecule has 0 unspecified atom stereocenters. The Hall–Kier alpha value is -1.13. The lowest BCUT2D eigenvalue weighted by Crippen LogP contribution is -2.31. The molecule has 0 aliphatic heterocycles. The molecule has 1 rings (SSSR count). The predicted molar refractivity (Wildman–Crippen MR) is 57.2 cm³/mol. The topological polar surface area (TPSA) is 55.1 Å². The first kappa shape index (κ1) is 11.9. The molecule has 15 heavy (non-hydrogen) atoms. The van der Waals surface area contributed by atoms with Crippen molar-refractivity contribution in [3.63, 3.8) is 0 Å². The summed E-state index contributed by atoms with van der Waals surface area (Å²) in [6, 6.07) is 4.19. The molecule has 3 nitrogen and oxygen atoms in total. The van der Waals surface area contributed by atoms with Crippen LogP contribution in [-0.2, 0) is 11.2 Å². The third-order valence-electron chi connectivity index (χ3n) is 1.92. The molecule has 0 radical (unpaired) electrons. The van der Waals surface area contributed by atoms with Gasteiger partial charge in [-0.15, -0.1) is 0 Å². The Kier molecular flexibility index (Phi) is 4.52. The van der Waals surface area contributed by atoms with Gasteiger partial charge in [0.1, 0.15) is 5.82 Å². The van der Waals surface area contributed by atoms with Gasteiger partial charge in [0.25, 0.3) is 0 Å². The van der Waals surface area contributed by atoms with E-state index in [1.54, 1.807) is 6.07 Å². The van der Waals surface area contributed by atoms with Crippen LogP contribution in [0.5, 0.6) is 0 Å². The lowest BCUT2D eigenvalue weighted by molar-refractivity contribution is -0.119. The minimum Gasteiger partial charge on any atom is -0.355 e. The second-order valence-corrected chi connectivity index (χ2v) is 3.45. The highest BCUT2D eigenvalue weighted by Crippen LogP contribution is 2.17. The van der Waals surface area contributed by atoms with Gasteiger partial charge < -0.3 is 11.1 Å². The summed E-state index contributed by atoms with van der Waals surface area (Å²) >= 11 is 5.80. The summed E-state index contributed by atoms with van der Waals surface area (Å²) in [5, 5.41) is 2.98. The fourth-order valence-electron chi connectivity index (χ4n) is 1.13. The van der Waals surface area contributed by atoms with E-state index in [1.807, 2.05) is 0 Å². The summed E-state index contributed by atoms with van der Waals surface area (Å²) in [6.07, 6.45) is 0.560. The van der Waals surface area contributed by atoms with Crippen LogP contribution in [0.4, 0.5) is 4.39 Å². The first-order valence-electron chi connectivity index (χ1n) is 4.54. The summed E-state index contributed by atoms with van der Waals surface area (Å²) in [6.45, 7) is 0.415. The van der Waals surface area contributed by atoms with Crippen molar-refractivity contribution in [2.24, 2.45) is 5.73 Å². The van der Waals surface area contributed by atoms with Gasteiger partial charge in [0, 0.05) is 11.6 Å². The Morgan fingerprint density at radius 3 is 2.87 bits per heavy atom. The van der Waals surface area contributed by atoms with Crippen molar-refractivity contribution in [1.82, 2.24) is 5.32 Å². The number of amides is 1. The molecule has 0 saturated carbocycles. The fourth-order valence-corrected chi connectivity index (χ4v) is 1.39. The Morgan fingerprint density at radius 1 is 1.53 bits per heavy atom. The largest absolute Gasteiger partial charge is 0.355 e. The summed E-state index contributed by atoms with van der Waals surface area (Å²) in [7, 11) is 0. The molecule has 3 N–H and O–H groups in total. The number of nitrogens with one attached hydrogen (secondary N) is 1. The molecule has 1 amide bonds. The van der Waals surface area contributed by atoms with Crippen LogP contribution in [0.2, 0.25) is 5.02 Å². The highest BCUT2D eigenvalue weighted by atomic mass is 35.5. The molecule has 1 aromatic carbocycles. The Labute approximate surface area is 92.4 Å². The van der Waals surface area contributed by atoms with Crippen LogP contribution in [0.1, 0.15) is 5.56 Å². The normalized spacial score (nSPS) is 10.1. The average Bonchev–Trinajstić information content (AvgIpc) is 2.21. The van der Waals surface area contributed by atoms with Crippen molar-refractivity contribution in [2.45, 2.75) is 6.42 Å². The van der Waals surface area contributed by atoms with Crippen LogP contribution >= 0.6 is 11.6 Å². The summed E-state index contributed by atoms with van der Waals surface area (Å²) < 4.78 is 12.7. The predicted octanol–water partition coefficient (Wildman–Crippen LogP) is 1.10. The Balaban J connectivity index is 2.47. The maximum Gasteiger partial charge on any atom is 0.233 e. The molecule has 0 heterocycles. The average molecular weight is 231 g/mol. The SMILES string of the molecule is NCC(=O)NCCc1ccc(F)cc1Cl. The number of benzene rings is 1. The molecule has 0 aromatic heterocycles. The number of hydrogen-bond donors (Lipinski definition) is 2. The molecule has 0 saturated heterocycles. The summed E-state index contributed by atoms with van der Waals surface area (Å²) in [5.41, 5.74) is 5.91. The van der Waals surface area contributed by atoms with Crippen molar-refractivity contribution in [3.8, 4) is 0 Å². The van der Waals surface area contributed by atoms with E-state index in [9.17, 15) is 9.18 Å². The first-order valence-corrected chi connectivity index (χ1v) is 4.92. The zero-order valence-corrected chi connectivity index (χ0v) is 8.85. The third kappa shape index (κ3) is 3.85. The van der Waals surface area contributed by atoms with E-state index in [4.69, 9.17) is 17.3 Å². The standard InChI is InChI=1S/C10H12ClFN2O/c11-9-5-8(12)2-1-7(9)3-4-14-10(15)6-13/h1-2,5H,3-4,6,13H2,(H,14,15). The number of nitrogens with two attached hydrogens (primary N) is 1. The van der Waals surface area contributed by atoms with Crippen LogP contribution in [0.25, 0.3) is 0 Å². The molecule has 5 heteroatoms. The minimum absolute atomic E-state index is 0.0306. The van der Waals surface area contributed by atoms with Gasteiger partial charge in [-0.05, 0) is 24.1 Å². The van der Waals surface area contributed by atoms with Gasteiger partial charge in [-0.2, -0.15) is 0 Å². The molecule has 0 atom stereocenters. The van der Waals surface area contributed by atoms with Crippen molar-refractivity contribution in [3.05, 3.63) is 34.6 Å². The van der Waals surface area contributed by atoms with Crippen LogP contribution < -0.4 is 11.1 Å². The zero-order valence-electron chi connectivity index (χ0n) is 8.09. The van der Waals surface area contributed by atoms with Crippen molar-refractivity contribution >= 4 is 17.5 Å². The zero-order chi connectivity index (χ0) is 11.3. The van der Waals surface area contributed by atoms with Gasteiger partial charge in [-0.1, -0.05) is 17.7 Å². The van der Waals surface area contributed by atoms with E-state index in [2.05, 4.69) is 5.32 Å². The molecule has 0 spiro atoms. The number of rotatable bonds is 4. The summed E-state index contributed by atoms with van der Waals surface area (Å²) in [5.74, 6) is -0.581. The smallest absolute Gasteiger partial charge is 0.233 e. The van der Waals surface area contributed by atoms with Gasteiger partial charge in [0.2, 0.25) is 5.91 Å². The van der Waals surface area contributed by atoms with E-state index in [1.165, 1.54) is 12.1 Å². The highest BCUT2D eigenvalue weighted by Gasteiger charge is 2.02. The lowest BCUT2D eigenvalue weighted by atomic mass is 10.1. The maximum absolute atomic E-state index is 12.7. The number of hydrogen-bond acceptors (Lipinski definition) is 2. The molecule has 1 aromatic rings. The van der Waals surface area contributed by atoms with Crippen molar-refractivity contribution in [1.29, 1.82) is 0 Å². The first-order chi connectivity index (χ1) is 7.13. The molecule has 82 valence electrons. The van der Waals surface area contributed by atoms with Crippen LogP contribution in [0.15, 0.2) is 18.2 Å². The molecule has 0 aliphatic rings. The molecule has 0 bridgehead atoms. The molecular formula is C10H12ClFN2O. The quantitative estimate of drug-likeness (QED) is 0.814. The number of halogens is 2. The van der Waals surface area contributed by atoms with Crippen LogP contribution in [0, 0.1) is 5.82 Å². The van der Waals surface area contributed by atoms with E-state index >= 15 is 0 Å². The van der Waals surface area contributed by atoms with Gasteiger partial charge in [-0.25, -0.2) is 4.39 Å². The van der Waals surface area contributed by atoms with E-state index in [0.717, 1.165) is 5.56 Å². The van der Waals surface area contributed by atoms with E-state index in [-0.39, 0.29) is 18.3 Å². The van der Waals surface area contributed by atoms with E-state index < -0.39 is 0 Å². The number of carbonyl (C=O) groups is 1. The Bertz CT molecular complexity index is 357. The second kappa shape index (κ2) is 5.68. The van der Waals surface area contributed by atoms with Gasteiger partial charge in [0.15, 0.2) is 0 Å². The van der Waals surface area contributed by atoms with Crippen LogP contribution in [-0.4, -0.2) is 19.0 Å². The molecular weight excluding hydrogens is 219 g/mol. The minimum atomic E-state index is -0.366. The van der Waals surface area contributed by atoms with Gasteiger partial charge in [-0.3, -0.25) is 4.79 Å². The van der Waals surface area contributed by atoms with Crippen molar-refractivity contribution in [2.75, 3.05) is 13.1 Å². The van der Waals surface area contributed by atoms with E-state index in [0.29, 0.717) is 18.0 Å². The fraction of sp³-hybridized carbons (Fsp3) is 0.300. The number of carbonyl (C=O) groups excluding carboxylic acids is 1. The van der Waals surface area contributed by atoms with Crippen molar-refractivity contribution < 1.29 is 9.18 Å². The van der Waals surface area contributed by atoms with Gasteiger partial charge >= 0.3 is 0 Å². The monoisotopic (exact) mass is 230 g/mol. The second-order valence-electron chi connectivity index (χ2n) is 3.04. The molecule has 0 fully saturated rings. The van der Waals surface area contributed by atoms with Crippen LogP contribution in [0.3, 0.4) is 0 Å².